The molecule has 0 saturated carbocycles. The summed E-state index contributed by atoms with van der Waals surface area (Å²) < 4.78 is 0. The Kier molecular flexibility index (Phi) is 7.35. The van der Waals surface area contributed by atoms with Gasteiger partial charge in [0.1, 0.15) is 0 Å². The maximum Gasteiger partial charge on any atom is 0.261 e. The van der Waals surface area contributed by atoms with Crippen molar-refractivity contribution in [2.75, 3.05) is 13.2 Å². The summed E-state index contributed by atoms with van der Waals surface area (Å²) in [5, 5.41) is 23.5. The molecule has 2 amide bonds. The third-order valence-electron chi connectivity index (χ3n) is 3.15. The third kappa shape index (κ3) is 5.11. The molecule has 6 nitrogen and oxygen atoms in total. The van der Waals surface area contributed by atoms with Crippen LogP contribution in [0.4, 0.5) is 0 Å². The molecule has 0 aliphatic carbocycles. The van der Waals surface area contributed by atoms with Gasteiger partial charge < -0.3 is 20.8 Å². The number of nitrogens with one attached hydrogen (secondary N) is 2. The second kappa shape index (κ2) is 8.76. The van der Waals surface area contributed by atoms with E-state index in [0.29, 0.717) is 22.6 Å². The minimum atomic E-state index is -0.297. The molecule has 2 atom stereocenters. The molecule has 0 unspecified atom stereocenters. The highest BCUT2D eigenvalue weighted by atomic mass is 32.1. The Morgan fingerprint density at radius 3 is 1.67 bits per heavy atom. The lowest BCUT2D eigenvalue weighted by molar-refractivity contribution is 0.0913. The number of hydrogen-bond donors (Lipinski definition) is 4. The number of thiophene rings is 1. The minimum absolute atomic E-state index is 0.115. The Balaban J connectivity index is 2.67. The van der Waals surface area contributed by atoms with Gasteiger partial charge in [-0.15, -0.1) is 11.3 Å². The van der Waals surface area contributed by atoms with Crippen molar-refractivity contribution in [3.8, 4) is 0 Å². The van der Waals surface area contributed by atoms with Gasteiger partial charge in [0.25, 0.3) is 11.8 Å². The second-order valence-corrected chi connectivity index (χ2v) is 5.77. The second-order valence-electron chi connectivity index (χ2n) is 4.69. The van der Waals surface area contributed by atoms with E-state index in [1.165, 1.54) is 0 Å². The molecule has 0 aromatic carbocycles. The van der Waals surface area contributed by atoms with Gasteiger partial charge in [0.05, 0.1) is 35.1 Å². The van der Waals surface area contributed by atoms with Gasteiger partial charge in [-0.25, -0.2) is 0 Å². The van der Waals surface area contributed by atoms with Crippen molar-refractivity contribution in [2.45, 2.75) is 38.8 Å². The Morgan fingerprint density at radius 2 is 1.38 bits per heavy atom. The topological polar surface area (TPSA) is 98.7 Å². The summed E-state index contributed by atoms with van der Waals surface area (Å²) in [6.45, 7) is 3.51. The van der Waals surface area contributed by atoms with Crippen molar-refractivity contribution in [3.63, 3.8) is 0 Å². The summed E-state index contributed by atoms with van der Waals surface area (Å²) in [5.41, 5.74) is 0. The molecule has 0 bridgehead atoms. The Labute approximate surface area is 128 Å². The molecule has 4 N–H and O–H groups in total. The number of carbonyl (C=O) groups is 2. The van der Waals surface area contributed by atoms with Gasteiger partial charge in [-0.05, 0) is 25.0 Å². The number of carbonyl (C=O) groups excluding carboxylic acids is 2. The zero-order valence-electron chi connectivity index (χ0n) is 12.3. The van der Waals surface area contributed by atoms with E-state index in [9.17, 15) is 9.59 Å². The highest BCUT2D eigenvalue weighted by Gasteiger charge is 2.17. The van der Waals surface area contributed by atoms with E-state index >= 15 is 0 Å². The highest BCUT2D eigenvalue weighted by molar-refractivity contribution is 7.15. The van der Waals surface area contributed by atoms with E-state index in [2.05, 4.69) is 10.6 Å². The van der Waals surface area contributed by atoms with Crippen molar-refractivity contribution >= 4 is 23.2 Å². The van der Waals surface area contributed by atoms with E-state index in [1.807, 2.05) is 13.8 Å². The van der Waals surface area contributed by atoms with Crippen LogP contribution in [0.2, 0.25) is 0 Å². The lowest BCUT2D eigenvalue weighted by atomic mass is 10.2. The first-order valence-electron chi connectivity index (χ1n) is 6.98. The molecule has 1 aromatic heterocycles. The average molecular weight is 314 g/mol. The average Bonchev–Trinajstić information content (AvgIpc) is 2.99. The summed E-state index contributed by atoms with van der Waals surface area (Å²) in [6.07, 6.45) is 1.27. The van der Waals surface area contributed by atoms with Crippen LogP contribution in [0, 0.1) is 0 Å². The normalized spacial score (nSPS) is 13.5. The van der Waals surface area contributed by atoms with Crippen molar-refractivity contribution < 1.29 is 19.8 Å². The van der Waals surface area contributed by atoms with Crippen LogP contribution in [-0.2, 0) is 0 Å². The predicted molar refractivity (Wildman–Crippen MR) is 81.6 cm³/mol. The number of aliphatic hydroxyl groups excluding tert-OH is 2. The first kappa shape index (κ1) is 17.6. The monoisotopic (exact) mass is 314 g/mol. The van der Waals surface area contributed by atoms with Crippen LogP contribution in [0.1, 0.15) is 46.0 Å². The Bertz CT molecular complexity index is 427. The lowest BCUT2D eigenvalue weighted by Gasteiger charge is -2.13. The van der Waals surface area contributed by atoms with Crippen LogP contribution in [0.3, 0.4) is 0 Å². The van der Waals surface area contributed by atoms with Crippen molar-refractivity contribution in [2.24, 2.45) is 0 Å². The summed E-state index contributed by atoms with van der Waals surface area (Å²) >= 11 is 1.09. The van der Waals surface area contributed by atoms with E-state index in [0.717, 1.165) is 11.3 Å². The summed E-state index contributed by atoms with van der Waals surface area (Å²) in [5.74, 6) is -0.594. The van der Waals surface area contributed by atoms with E-state index in [1.54, 1.807) is 12.1 Å². The first-order valence-corrected chi connectivity index (χ1v) is 7.80. The SMILES string of the molecule is CC[C@H](CO)NC(=O)c1ccc(C(=O)N[C@H](CC)CO)s1. The van der Waals surface area contributed by atoms with Gasteiger partial charge >= 0.3 is 0 Å². The van der Waals surface area contributed by atoms with Crippen LogP contribution in [0.5, 0.6) is 0 Å². The van der Waals surface area contributed by atoms with Crippen LogP contribution in [-0.4, -0.2) is 47.3 Å². The largest absolute Gasteiger partial charge is 0.394 e. The summed E-state index contributed by atoms with van der Waals surface area (Å²) in [6, 6.07) is 2.60. The van der Waals surface area contributed by atoms with Crippen molar-refractivity contribution in [1.29, 1.82) is 0 Å². The van der Waals surface area contributed by atoms with E-state index in [4.69, 9.17) is 10.2 Å². The fourth-order valence-electron chi connectivity index (χ4n) is 1.65. The Morgan fingerprint density at radius 1 is 1.00 bits per heavy atom. The first-order chi connectivity index (χ1) is 10.0. The van der Waals surface area contributed by atoms with Crippen LogP contribution in [0.15, 0.2) is 12.1 Å². The minimum Gasteiger partial charge on any atom is -0.394 e. The zero-order chi connectivity index (χ0) is 15.8. The lowest BCUT2D eigenvalue weighted by Crippen LogP contribution is -2.37. The molecule has 118 valence electrons. The standard InChI is InChI=1S/C14H22N2O4S/c1-3-9(7-17)15-13(19)11-5-6-12(21-11)14(20)16-10(4-2)8-18/h5-6,9-10,17-18H,3-4,7-8H2,1-2H3,(H,15,19)(H,16,20)/t9-,10-/m1/s1. The van der Waals surface area contributed by atoms with Crippen molar-refractivity contribution in [3.05, 3.63) is 21.9 Å². The molecule has 7 heteroatoms. The molecule has 1 heterocycles. The van der Waals surface area contributed by atoms with E-state index in [-0.39, 0.29) is 37.1 Å². The molecule has 0 aliphatic rings. The number of aliphatic hydroxyl groups is 2. The van der Waals surface area contributed by atoms with Crippen LogP contribution >= 0.6 is 11.3 Å². The molecular weight excluding hydrogens is 292 g/mol. The number of hydrogen-bond acceptors (Lipinski definition) is 5. The number of amides is 2. The molecular formula is C14H22N2O4S. The fourth-order valence-corrected chi connectivity index (χ4v) is 2.46. The maximum atomic E-state index is 12.0. The third-order valence-corrected chi connectivity index (χ3v) is 4.23. The fraction of sp³-hybridized carbons (Fsp3) is 0.571. The molecule has 1 aromatic rings. The quantitative estimate of drug-likeness (QED) is 0.569. The van der Waals surface area contributed by atoms with Gasteiger partial charge in [-0.3, -0.25) is 9.59 Å². The number of rotatable bonds is 8. The van der Waals surface area contributed by atoms with Gasteiger partial charge in [0.15, 0.2) is 0 Å². The maximum absolute atomic E-state index is 12.0. The molecule has 0 saturated heterocycles. The molecule has 0 spiro atoms. The van der Waals surface area contributed by atoms with Gasteiger partial charge in [-0.2, -0.15) is 0 Å². The highest BCUT2D eigenvalue weighted by Crippen LogP contribution is 2.17. The van der Waals surface area contributed by atoms with E-state index < -0.39 is 0 Å². The van der Waals surface area contributed by atoms with Gasteiger partial charge in [0, 0.05) is 0 Å². The van der Waals surface area contributed by atoms with Crippen molar-refractivity contribution in [1.82, 2.24) is 10.6 Å². The molecule has 0 fully saturated rings. The van der Waals surface area contributed by atoms with Gasteiger partial charge in [0.2, 0.25) is 0 Å². The summed E-state index contributed by atoms with van der Waals surface area (Å²) in [4.78, 5) is 24.8. The molecule has 0 radical (unpaired) electrons. The molecule has 0 aliphatic heterocycles. The van der Waals surface area contributed by atoms with Crippen LogP contribution < -0.4 is 10.6 Å². The van der Waals surface area contributed by atoms with Crippen LogP contribution in [0.25, 0.3) is 0 Å². The predicted octanol–water partition coefficient (Wildman–Crippen LogP) is 0.749. The van der Waals surface area contributed by atoms with Gasteiger partial charge in [-0.1, -0.05) is 13.8 Å². The zero-order valence-corrected chi connectivity index (χ0v) is 13.1. The summed E-state index contributed by atoms with van der Waals surface area (Å²) in [7, 11) is 0. The molecule has 1 rings (SSSR count). The molecule has 21 heavy (non-hydrogen) atoms. The smallest absolute Gasteiger partial charge is 0.261 e. The Hall–Kier alpha value is -1.44.